The van der Waals surface area contributed by atoms with E-state index < -0.39 is 24.3 Å². The van der Waals surface area contributed by atoms with Crippen molar-refractivity contribution >= 4 is 35.0 Å². The lowest BCUT2D eigenvalue weighted by Crippen LogP contribution is -2.39. The number of carbonyl (C=O) groups excluding carboxylic acids is 4. The van der Waals surface area contributed by atoms with E-state index >= 15 is 0 Å². The number of nitrogens with one attached hydrogen (secondary N) is 1. The van der Waals surface area contributed by atoms with Crippen LogP contribution in [0.1, 0.15) is 27.6 Å². The fourth-order valence-corrected chi connectivity index (χ4v) is 3.45. The van der Waals surface area contributed by atoms with E-state index in [1.165, 1.54) is 0 Å². The van der Waals surface area contributed by atoms with Gasteiger partial charge >= 0.3 is 0 Å². The van der Waals surface area contributed by atoms with Crippen LogP contribution in [0, 0.1) is 0 Å². The molecular formula is C22H19N3O5. The quantitative estimate of drug-likeness (QED) is 0.608. The summed E-state index contributed by atoms with van der Waals surface area (Å²) in [6.45, 7) is 5.54. The van der Waals surface area contributed by atoms with Crippen LogP contribution in [0.4, 0.5) is 11.4 Å². The molecule has 2 aliphatic heterocycles. The third kappa shape index (κ3) is 3.43. The van der Waals surface area contributed by atoms with Crippen molar-refractivity contribution in [2.24, 2.45) is 0 Å². The SMILES string of the molecule is C=C(C)CN1C(=O)COc2cc(NC(=O)CN3C(=O)c4ccccc4C3=O)ccc21. The number of carbonyl (C=O) groups is 4. The second-order valence-corrected chi connectivity index (χ2v) is 7.20. The lowest BCUT2D eigenvalue weighted by Gasteiger charge is -2.29. The number of nitrogens with zero attached hydrogens (tertiary/aromatic N) is 2. The van der Waals surface area contributed by atoms with Crippen molar-refractivity contribution in [3.8, 4) is 5.75 Å². The fraction of sp³-hybridized carbons (Fsp3) is 0.182. The number of hydrogen-bond donors (Lipinski definition) is 1. The molecule has 30 heavy (non-hydrogen) atoms. The van der Waals surface area contributed by atoms with E-state index in [9.17, 15) is 19.2 Å². The Hall–Kier alpha value is -3.94. The first kappa shape index (κ1) is 19.4. The second kappa shape index (κ2) is 7.47. The lowest BCUT2D eigenvalue weighted by atomic mass is 10.1. The predicted octanol–water partition coefficient (Wildman–Crippen LogP) is 2.22. The third-order valence-electron chi connectivity index (χ3n) is 4.79. The molecule has 152 valence electrons. The molecule has 1 N–H and O–H groups in total. The maximum Gasteiger partial charge on any atom is 0.265 e. The van der Waals surface area contributed by atoms with Crippen molar-refractivity contribution in [1.29, 1.82) is 0 Å². The van der Waals surface area contributed by atoms with Gasteiger partial charge in [-0.2, -0.15) is 0 Å². The Bertz CT molecular complexity index is 1070. The summed E-state index contributed by atoms with van der Waals surface area (Å²) in [5, 5.41) is 2.67. The van der Waals surface area contributed by atoms with Crippen molar-refractivity contribution in [3.05, 3.63) is 65.7 Å². The molecule has 0 aromatic heterocycles. The summed E-state index contributed by atoms with van der Waals surface area (Å²) in [7, 11) is 0. The van der Waals surface area contributed by atoms with Crippen molar-refractivity contribution in [1.82, 2.24) is 4.90 Å². The van der Waals surface area contributed by atoms with Gasteiger partial charge in [-0.1, -0.05) is 24.3 Å². The number of anilines is 2. The number of fused-ring (bicyclic) bond motifs is 2. The smallest absolute Gasteiger partial charge is 0.265 e. The van der Waals surface area contributed by atoms with Gasteiger partial charge in [0.15, 0.2) is 6.61 Å². The van der Waals surface area contributed by atoms with Crippen molar-refractivity contribution in [2.45, 2.75) is 6.92 Å². The van der Waals surface area contributed by atoms with Gasteiger partial charge < -0.3 is 15.0 Å². The highest BCUT2D eigenvalue weighted by Crippen LogP contribution is 2.35. The Morgan fingerprint density at radius 3 is 2.33 bits per heavy atom. The number of hydrogen-bond acceptors (Lipinski definition) is 5. The molecule has 2 aromatic carbocycles. The normalized spacial score (nSPS) is 14.9. The number of benzene rings is 2. The molecule has 8 nitrogen and oxygen atoms in total. The Kier molecular flexibility index (Phi) is 4.83. The molecule has 0 unspecified atom stereocenters. The van der Waals surface area contributed by atoms with Crippen LogP contribution in [0.15, 0.2) is 54.6 Å². The predicted molar refractivity (Wildman–Crippen MR) is 110 cm³/mol. The molecule has 0 fully saturated rings. The molecule has 4 amide bonds. The molecule has 2 heterocycles. The number of imide groups is 1. The molecule has 4 rings (SSSR count). The largest absolute Gasteiger partial charge is 0.481 e. The standard InChI is InChI=1S/C22H19N3O5/c1-13(2)10-24-17-8-7-14(9-18(17)30-12-20(24)27)23-19(26)11-25-21(28)15-5-3-4-6-16(15)22(25)29/h3-9H,1,10-12H2,2H3,(H,23,26). The van der Waals surface area contributed by atoms with E-state index in [0.29, 0.717) is 34.8 Å². The zero-order chi connectivity index (χ0) is 21.4. The number of ether oxygens (including phenoxy) is 1. The van der Waals surface area contributed by atoms with Gasteiger partial charge in [0.05, 0.1) is 16.8 Å². The molecule has 0 radical (unpaired) electrons. The average molecular weight is 405 g/mol. The Morgan fingerprint density at radius 2 is 1.70 bits per heavy atom. The van der Waals surface area contributed by atoms with Crippen molar-refractivity contribution < 1.29 is 23.9 Å². The molecule has 0 spiro atoms. The van der Waals surface area contributed by atoms with E-state index in [-0.39, 0.29) is 12.5 Å². The molecule has 0 atom stereocenters. The van der Waals surface area contributed by atoms with Crippen LogP contribution in [0.5, 0.6) is 5.75 Å². The summed E-state index contributed by atoms with van der Waals surface area (Å²) < 4.78 is 5.49. The molecule has 0 saturated carbocycles. The summed E-state index contributed by atoms with van der Waals surface area (Å²) >= 11 is 0. The van der Waals surface area contributed by atoms with E-state index in [0.717, 1.165) is 10.5 Å². The summed E-state index contributed by atoms with van der Waals surface area (Å²) in [5.41, 5.74) is 2.43. The fourth-order valence-electron chi connectivity index (χ4n) is 3.45. The minimum Gasteiger partial charge on any atom is -0.481 e. The highest BCUT2D eigenvalue weighted by Gasteiger charge is 2.36. The third-order valence-corrected chi connectivity index (χ3v) is 4.79. The minimum atomic E-state index is -0.518. The topological polar surface area (TPSA) is 96.0 Å². The summed E-state index contributed by atoms with van der Waals surface area (Å²) in [4.78, 5) is 51.9. The van der Waals surface area contributed by atoms with Crippen LogP contribution in [-0.2, 0) is 9.59 Å². The van der Waals surface area contributed by atoms with Crippen molar-refractivity contribution in [3.63, 3.8) is 0 Å². The molecule has 8 heteroatoms. The van der Waals surface area contributed by atoms with Crippen molar-refractivity contribution in [2.75, 3.05) is 29.9 Å². The van der Waals surface area contributed by atoms with Gasteiger partial charge in [0.25, 0.3) is 17.7 Å². The first-order valence-electron chi connectivity index (χ1n) is 9.32. The summed E-state index contributed by atoms with van der Waals surface area (Å²) in [6, 6.07) is 11.4. The van der Waals surface area contributed by atoms with Gasteiger partial charge in [-0.25, -0.2) is 0 Å². The van der Waals surface area contributed by atoms with Gasteiger partial charge in [0.2, 0.25) is 5.91 Å². The molecular weight excluding hydrogens is 386 g/mol. The Balaban J connectivity index is 1.47. The Morgan fingerprint density at radius 1 is 1.03 bits per heavy atom. The van der Waals surface area contributed by atoms with Crippen LogP contribution in [0.25, 0.3) is 0 Å². The van der Waals surface area contributed by atoms with E-state index in [1.54, 1.807) is 47.4 Å². The molecule has 2 aliphatic rings. The molecule has 0 saturated heterocycles. The van der Waals surface area contributed by atoms with Gasteiger partial charge in [-0.3, -0.25) is 24.1 Å². The highest BCUT2D eigenvalue weighted by atomic mass is 16.5. The first-order valence-corrected chi connectivity index (χ1v) is 9.32. The van der Waals surface area contributed by atoms with E-state index in [1.807, 2.05) is 6.92 Å². The van der Waals surface area contributed by atoms with Crippen LogP contribution >= 0.6 is 0 Å². The van der Waals surface area contributed by atoms with Gasteiger partial charge in [-0.05, 0) is 31.2 Å². The zero-order valence-electron chi connectivity index (χ0n) is 16.3. The summed E-state index contributed by atoms with van der Waals surface area (Å²) in [5.74, 6) is -1.22. The van der Waals surface area contributed by atoms with Gasteiger partial charge in [0.1, 0.15) is 12.3 Å². The Labute approximate surface area is 172 Å². The monoisotopic (exact) mass is 405 g/mol. The van der Waals surface area contributed by atoms with E-state index in [2.05, 4.69) is 11.9 Å². The summed E-state index contributed by atoms with van der Waals surface area (Å²) in [6.07, 6.45) is 0. The number of amides is 4. The lowest BCUT2D eigenvalue weighted by molar-refractivity contribution is -0.121. The second-order valence-electron chi connectivity index (χ2n) is 7.20. The van der Waals surface area contributed by atoms with Crippen LogP contribution in [-0.4, -0.2) is 48.2 Å². The van der Waals surface area contributed by atoms with Gasteiger partial charge in [-0.15, -0.1) is 0 Å². The van der Waals surface area contributed by atoms with Crippen LogP contribution < -0.4 is 15.0 Å². The average Bonchev–Trinajstić information content (AvgIpc) is 2.95. The van der Waals surface area contributed by atoms with E-state index in [4.69, 9.17) is 4.74 Å². The highest BCUT2D eigenvalue weighted by molar-refractivity contribution is 6.22. The minimum absolute atomic E-state index is 0.104. The maximum absolute atomic E-state index is 12.5. The number of rotatable bonds is 5. The molecule has 2 aromatic rings. The van der Waals surface area contributed by atoms with Crippen LogP contribution in [0.3, 0.4) is 0 Å². The molecule has 0 bridgehead atoms. The van der Waals surface area contributed by atoms with Crippen LogP contribution in [0.2, 0.25) is 0 Å². The zero-order valence-corrected chi connectivity index (χ0v) is 16.3. The maximum atomic E-state index is 12.5. The van der Waals surface area contributed by atoms with Gasteiger partial charge in [0, 0.05) is 18.3 Å². The first-order chi connectivity index (χ1) is 14.3. The molecule has 0 aliphatic carbocycles.